The molecule has 140 valence electrons. The van der Waals surface area contributed by atoms with E-state index in [-0.39, 0.29) is 12.5 Å². The van der Waals surface area contributed by atoms with Gasteiger partial charge in [-0.1, -0.05) is 36.4 Å². The van der Waals surface area contributed by atoms with Crippen LogP contribution in [0.25, 0.3) is 11.0 Å². The average Bonchev–Trinajstić information content (AvgIpc) is 3.35. The molecule has 5 rings (SSSR count). The molecule has 0 unspecified atom stereocenters. The summed E-state index contributed by atoms with van der Waals surface area (Å²) < 4.78 is 17.1. The summed E-state index contributed by atoms with van der Waals surface area (Å²) in [7, 11) is 0. The zero-order chi connectivity index (χ0) is 18.9. The number of furan rings is 1. The van der Waals surface area contributed by atoms with Crippen LogP contribution in [0, 0.1) is 0 Å². The number of fused-ring (bicyclic) bond motifs is 2. The summed E-state index contributed by atoms with van der Waals surface area (Å²) in [6.07, 6.45) is 2.19. The molecule has 6 nitrogen and oxygen atoms in total. The molecule has 0 saturated heterocycles. The highest BCUT2D eigenvalue weighted by atomic mass is 16.5. The maximum Gasteiger partial charge on any atom is 0.258 e. The number of hydrogen-bond donors (Lipinski definition) is 0. The van der Waals surface area contributed by atoms with Crippen LogP contribution in [0.5, 0.6) is 5.75 Å². The van der Waals surface area contributed by atoms with Gasteiger partial charge in [0.15, 0.2) is 6.61 Å². The first kappa shape index (κ1) is 16.6. The molecule has 1 aliphatic heterocycles. The molecule has 3 heterocycles. The van der Waals surface area contributed by atoms with Gasteiger partial charge in [0.1, 0.15) is 23.4 Å². The number of carbonyl (C=O) groups excluding carboxylic acids is 1. The van der Waals surface area contributed by atoms with Gasteiger partial charge in [-0.2, -0.15) is 0 Å². The Balaban J connectivity index is 1.31. The molecule has 6 heteroatoms. The smallest absolute Gasteiger partial charge is 0.258 e. The van der Waals surface area contributed by atoms with E-state index in [0.29, 0.717) is 36.5 Å². The number of benzene rings is 2. The van der Waals surface area contributed by atoms with Gasteiger partial charge >= 0.3 is 0 Å². The van der Waals surface area contributed by atoms with Gasteiger partial charge in [0.25, 0.3) is 5.91 Å². The van der Waals surface area contributed by atoms with Crippen LogP contribution in [0.2, 0.25) is 0 Å². The SMILES string of the molecule is O=C(c1coc2ccccc12)N1CCc2nc(COc3ccccc3)oc2C1. The van der Waals surface area contributed by atoms with Crippen LogP contribution in [-0.4, -0.2) is 22.3 Å². The number of hydrogen-bond acceptors (Lipinski definition) is 5. The van der Waals surface area contributed by atoms with Gasteiger partial charge in [0.2, 0.25) is 5.89 Å². The van der Waals surface area contributed by atoms with Crippen molar-refractivity contribution < 1.29 is 18.4 Å². The summed E-state index contributed by atoms with van der Waals surface area (Å²) in [5, 5.41) is 0.827. The standard InChI is InChI=1S/C22H18N2O4/c25-22(17-13-27-19-9-5-4-8-16(17)19)24-11-10-18-20(12-24)28-21(23-18)14-26-15-6-2-1-3-7-15/h1-9,13H,10-12,14H2. The third-order valence-corrected chi connectivity index (χ3v) is 4.88. The Kier molecular flexibility index (Phi) is 4.09. The number of carbonyl (C=O) groups is 1. The van der Waals surface area contributed by atoms with E-state index in [1.54, 1.807) is 4.90 Å². The number of amides is 1. The van der Waals surface area contributed by atoms with Crippen LogP contribution in [0.1, 0.15) is 27.7 Å². The van der Waals surface area contributed by atoms with Crippen LogP contribution in [-0.2, 0) is 19.6 Å². The van der Waals surface area contributed by atoms with E-state index in [1.165, 1.54) is 6.26 Å². The second-order valence-electron chi connectivity index (χ2n) is 6.70. The van der Waals surface area contributed by atoms with Crippen molar-refractivity contribution in [1.82, 2.24) is 9.88 Å². The zero-order valence-electron chi connectivity index (χ0n) is 15.1. The summed E-state index contributed by atoms with van der Waals surface area (Å²) in [4.78, 5) is 19.3. The topological polar surface area (TPSA) is 68.7 Å². The fourth-order valence-electron chi connectivity index (χ4n) is 3.46. The predicted molar refractivity (Wildman–Crippen MR) is 102 cm³/mol. The number of ether oxygens (including phenoxy) is 1. The summed E-state index contributed by atoms with van der Waals surface area (Å²) in [6.45, 7) is 1.25. The third kappa shape index (κ3) is 3.03. The van der Waals surface area contributed by atoms with Gasteiger partial charge in [-0.05, 0) is 18.2 Å². The van der Waals surface area contributed by atoms with Crippen molar-refractivity contribution in [2.45, 2.75) is 19.6 Å². The maximum atomic E-state index is 13.0. The fraction of sp³-hybridized carbons (Fsp3) is 0.182. The van der Waals surface area contributed by atoms with E-state index < -0.39 is 0 Å². The molecule has 1 amide bonds. The Morgan fingerprint density at radius 3 is 2.82 bits per heavy atom. The molecule has 4 aromatic rings. The molecular formula is C22H18N2O4. The van der Waals surface area contributed by atoms with Crippen molar-refractivity contribution in [2.24, 2.45) is 0 Å². The van der Waals surface area contributed by atoms with Gasteiger partial charge in [0.05, 0.1) is 17.8 Å². The molecule has 0 fully saturated rings. The van der Waals surface area contributed by atoms with Crippen molar-refractivity contribution in [2.75, 3.05) is 6.54 Å². The highest BCUT2D eigenvalue weighted by molar-refractivity contribution is 6.05. The zero-order valence-corrected chi connectivity index (χ0v) is 15.1. The van der Waals surface area contributed by atoms with Gasteiger partial charge in [-0.15, -0.1) is 0 Å². The van der Waals surface area contributed by atoms with Crippen molar-refractivity contribution in [1.29, 1.82) is 0 Å². The molecular weight excluding hydrogens is 356 g/mol. The summed E-state index contributed by atoms with van der Waals surface area (Å²) in [5.41, 5.74) is 2.18. The molecule has 0 N–H and O–H groups in total. The van der Waals surface area contributed by atoms with E-state index in [4.69, 9.17) is 13.6 Å². The number of para-hydroxylation sites is 2. The summed E-state index contributed by atoms with van der Waals surface area (Å²) in [6, 6.07) is 17.1. The minimum Gasteiger partial charge on any atom is -0.484 e. The van der Waals surface area contributed by atoms with Crippen LogP contribution in [0.15, 0.2) is 69.7 Å². The number of rotatable bonds is 4. The van der Waals surface area contributed by atoms with Crippen LogP contribution < -0.4 is 4.74 Å². The Morgan fingerprint density at radius 2 is 1.93 bits per heavy atom. The Hall–Kier alpha value is -3.54. The Labute approximate surface area is 161 Å². The van der Waals surface area contributed by atoms with Crippen LogP contribution in [0.4, 0.5) is 0 Å². The van der Waals surface area contributed by atoms with Crippen molar-refractivity contribution in [3.63, 3.8) is 0 Å². The first-order valence-corrected chi connectivity index (χ1v) is 9.19. The second kappa shape index (κ2) is 6.88. The predicted octanol–water partition coefficient (Wildman–Crippen LogP) is 4.20. The second-order valence-corrected chi connectivity index (χ2v) is 6.70. The van der Waals surface area contributed by atoms with E-state index in [9.17, 15) is 4.79 Å². The number of nitrogens with zero attached hydrogens (tertiary/aromatic N) is 2. The van der Waals surface area contributed by atoms with E-state index in [2.05, 4.69) is 4.98 Å². The lowest BCUT2D eigenvalue weighted by atomic mass is 10.1. The van der Waals surface area contributed by atoms with E-state index in [1.807, 2.05) is 54.6 Å². The first-order chi connectivity index (χ1) is 13.8. The van der Waals surface area contributed by atoms with E-state index >= 15 is 0 Å². The fourth-order valence-corrected chi connectivity index (χ4v) is 3.46. The minimum absolute atomic E-state index is 0.0610. The van der Waals surface area contributed by atoms with Gasteiger partial charge < -0.3 is 18.5 Å². The maximum absolute atomic E-state index is 13.0. The lowest BCUT2D eigenvalue weighted by molar-refractivity contribution is 0.0719. The molecule has 0 saturated carbocycles. The molecule has 0 radical (unpaired) electrons. The molecule has 0 aliphatic carbocycles. The molecule has 2 aromatic carbocycles. The van der Waals surface area contributed by atoms with Crippen molar-refractivity contribution in [3.8, 4) is 5.75 Å². The highest BCUT2D eigenvalue weighted by Gasteiger charge is 2.28. The minimum atomic E-state index is -0.0610. The van der Waals surface area contributed by atoms with E-state index in [0.717, 1.165) is 22.6 Å². The lowest BCUT2D eigenvalue weighted by Gasteiger charge is -2.24. The number of aromatic nitrogens is 1. The molecule has 28 heavy (non-hydrogen) atoms. The largest absolute Gasteiger partial charge is 0.484 e. The molecule has 0 atom stereocenters. The quantitative estimate of drug-likeness (QED) is 0.535. The van der Waals surface area contributed by atoms with Gasteiger partial charge in [-0.3, -0.25) is 4.79 Å². The average molecular weight is 374 g/mol. The van der Waals surface area contributed by atoms with Crippen molar-refractivity contribution >= 4 is 16.9 Å². The van der Waals surface area contributed by atoms with Gasteiger partial charge in [0, 0.05) is 18.4 Å². The third-order valence-electron chi connectivity index (χ3n) is 4.88. The van der Waals surface area contributed by atoms with Crippen LogP contribution >= 0.6 is 0 Å². The van der Waals surface area contributed by atoms with Gasteiger partial charge in [-0.25, -0.2) is 4.98 Å². The molecule has 2 aromatic heterocycles. The first-order valence-electron chi connectivity index (χ1n) is 9.19. The summed E-state index contributed by atoms with van der Waals surface area (Å²) >= 11 is 0. The molecule has 1 aliphatic rings. The Bertz CT molecular complexity index is 1130. The molecule has 0 bridgehead atoms. The molecule has 0 spiro atoms. The van der Waals surface area contributed by atoms with Crippen molar-refractivity contribution in [3.05, 3.63) is 83.8 Å². The highest BCUT2D eigenvalue weighted by Crippen LogP contribution is 2.26. The normalized spacial score (nSPS) is 13.5. The summed E-state index contributed by atoms with van der Waals surface area (Å²) in [5.74, 6) is 1.95. The van der Waals surface area contributed by atoms with Crippen LogP contribution in [0.3, 0.4) is 0 Å². The lowest BCUT2D eigenvalue weighted by Crippen LogP contribution is -2.35. The number of oxazole rings is 1. The Morgan fingerprint density at radius 1 is 1.11 bits per heavy atom. The monoisotopic (exact) mass is 374 g/mol.